The van der Waals surface area contributed by atoms with Crippen LogP contribution in [-0.4, -0.2) is 23.8 Å². The Bertz CT molecular complexity index is 619. The Kier molecular flexibility index (Phi) is 3.99. The summed E-state index contributed by atoms with van der Waals surface area (Å²) in [5, 5.41) is 12.1. The van der Waals surface area contributed by atoms with E-state index in [-0.39, 0.29) is 24.4 Å². The fourth-order valence-electron chi connectivity index (χ4n) is 1.89. The summed E-state index contributed by atoms with van der Waals surface area (Å²) in [6, 6.07) is 6.58. The van der Waals surface area contributed by atoms with Gasteiger partial charge in [0.15, 0.2) is 0 Å². The molecule has 0 saturated heterocycles. The van der Waals surface area contributed by atoms with E-state index < -0.39 is 18.6 Å². The Labute approximate surface area is 112 Å². The molecule has 7 heteroatoms. The number of para-hydroxylation sites is 1. The van der Waals surface area contributed by atoms with Crippen molar-refractivity contribution in [3.05, 3.63) is 35.6 Å². The Morgan fingerprint density at radius 3 is 2.65 bits per heavy atom. The molecule has 0 aliphatic carbocycles. The minimum atomic E-state index is -4.24. The third-order valence-electron chi connectivity index (χ3n) is 2.75. The monoisotopic (exact) mass is 287 g/mol. The summed E-state index contributed by atoms with van der Waals surface area (Å²) in [4.78, 5) is 11.2. The first-order chi connectivity index (χ1) is 9.38. The molecule has 0 unspecified atom stereocenters. The average molecular weight is 287 g/mol. The van der Waals surface area contributed by atoms with Crippen LogP contribution in [0, 0.1) is 0 Å². The van der Waals surface area contributed by atoms with Gasteiger partial charge in [0.25, 0.3) is 0 Å². The van der Waals surface area contributed by atoms with Gasteiger partial charge in [-0.1, -0.05) is 18.2 Å². The molecule has 0 aliphatic heterocycles. The van der Waals surface area contributed by atoms with Crippen molar-refractivity contribution in [1.29, 1.82) is 0 Å². The molecular weight excluding hydrogens is 275 g/mol. The van der Waals surface area contributed by atoms with Crippen molar-refractivity contribution in [3.8, 4) is 0 Å². The van der Waals surface area contributed by atoms with Gasteiger partial charge in [0, 0.05) is 11.9 Å². The summed E-state index contributed by atoms with van der Waals surface area (Å²) in [5.74, 6) is -1.04. The molecule has 108 valence electrons. The molecular formula is C13H12F3NO3. The van der Waals surface area contributed by atoms with Crippen molar-refractivity contribution in [1.82, 2.24) is 5.32 Å². The standard InChI is InChI=1S/C13H12F3NO3/c14-13(15,16)5-6-17-7-10-11(12(18)19)8-3-1-2-4-9(8)20-10/h1-4,17H,5-7H2,(H,18,19). The van der Waals surface area contributed by atoms with Gasteiger partial charge in [0.05, 0.1) is 13.0 Å². The zero-order chi connectivity index (χ0) is 14.8. The number of rotatable bonds is 5. The number of hydrogen-bond donors (Lipinski definition) is 2. The first-order valence-corrected chi connectivity index (χ1v) is 5.89. The molecule has 0 amide bonds. The second kappa shape index (κ2) is 5.54. The summed E-state index contributed by atoms with van der Waals surface area (Å²) in [7, 11) is 0. The second-order valence-electron chi connectivity index (χ2n) is 4.24. The topological polar surface area (TPSA) is 62.5 Å². The van der Waals surface area contributed by atoms with E-state index in [2.05, 4.69) is 5.32 Å². The van der Waals surface area contributed by atoms with Crippen LogP contribution in [-0.2, 0) is 6.54 Å². The number of alkyl halides is 3. The van der Waals surface area contributed by atoms with E-state index in [0.29, 0.717) is 11.0 Å². The van der Waals surface area contributed by atoms with E-state index in [1.807, 2.05) is 0 Å². The number of benzene rings is 1. The Hall–Kier alpha value is -2.02. The number of halogens is 3. The highest BCUT2D eigenvalue weighted by atomic mass is 19.4. The average Bonchev–Trinajstić information content (AvgIpc) is 2.71. The third kappa shape index (κ3) is 3.30. The SMILES string of the molecule is O=C(O)c1c(CNCCC(F)(F)F)oc2ccccc12. The van der Waals surface area contributed by atoms with Crippen LogP contribution in [0.1, 0.15) is 22.5 Å². The first kappa shape index (κ1) is 14.4. The molecule has 0 fully saturated rings. The van der Waals surface area contributed by atoms with Crippen LogP contribution in [0.2, 0.25) is 0 Å². The second-order valence-corrected chi connectivity index (χ2v) is 4.24. The lowest BCUT2D eigenvalue weighted by Gasteiger charge is -2.06. The van der Waals surface area contributed by atoms with Crippen LogP contribution >= 0.6 is 0 Å². The molecule has 0 bridgehead atoms. The molecule has 0 aliphatic rings. The maximum absolute atomic E-state index is 12.0. The lowest BCUT2D eigenvalue weighted by Crippen LogP contribution is -2.21. The Balaban J connectivity index is 2.13. The minimum absolute atomic E-state index is 0.0138. The van der Waals surface area contributed by atoms with Crippen molar-refractivity contribution in [2.75, 3.05) is 6.54 Å². The maximum Gasteiger partial charge on any atom is 0.390 e. The van der Waals surface area contributed by atoms with Gasteiger partial charge in [-0.2, -0.15) is 13.2 Å². The first-order valence-electron chi connectivity index (χ1n) is 5.89. The molecule has 1 heterocycles. The number of carboxylic acids is 1. The smallest absolute Gasteiger partial charge is 0.390 e. The predicted molar refractivity (Wildman–Crippen MR) is 65.6 cm³/mol. The molecule has 2 aromatic rings. The summed E-state index contributed by atoms with van der Waals surface area (Å²) >= 11 is 0. The normalized spacial score (nSPS) is 11.9. The van der Waals surface area contributed by atoms with E-state index in [0.717, 1.165) is 0 Å². The third-order valence-corrected chi connectivity index (χ3v) is 2.75. The highest BCUT2D eigenvalue weighted by molar-refractivity contribution is 6.03. The van der Waals surface area contributed by atoms with Crippen LogP contribution < -0.4 is 5.32 Å². The van der Waals surface area contributed by atoms with Crippen molar-refractivity contribution in [2.24, 2.45) is 0 Å². The van der Waals surface area contributed by atoms with Gasteiger partial charge in [0.2, 0.25) is 0 Å². The van der Waals surface area contributed by atoms with Gasteiger partial charge >= 0.3 is 12.1 Å². The van der Waals surface area contributed by atoms with Gasteiger partial charge in [0.1, 0.15) is 16.9 Å². The largest absolute Gasteiger partial charge is 0.478 e. The highest BCUT2D eigenvalue weighted by Crippen LogP contribution is 2.26. The van der Waals surface area contributed by atoms with Gasteiger partial charge in [-0.25, -0.2) is 4.79 Å². The summed E-state index contributed by atoms with van der Waals surface area (Å²) in [5.41, 5.74) is 0.387. The number of fused-ring (bicyclic) bond motifs is 1. The number of nitrogens with one attached hydrogen (secondary N) is 1. The number of carboxylic acid groups (broad SMARTS) is 1. The molecule has 0 saturated carbocycles. The molecule has 0 spiro atoms. The number of furan rings is 1. The lowest BCUT2D eigenvalue weighted by molar-refractivity contribution is -0.133. The predicted octanol–water partition coefficient (Wildman–Crippen LogP) is 3.17. The van der Waals surface area contributed by atoms with E-state index >= 15 is 0 Å². The molecule has 1 aromatic heterocycles. The molecule has 2 N–H and O–H groups in total. The van der Waals surface area contributed by atoms with Crippen LogP contribution in [0.5, 0.6) is 0 Å². The summed E-state index contributed by atoms with van der Waals surface area (Å²) in [6.07, 6.45) is -5.22. The quantitative estimate of drug-likeness (QED) is 0.829. The Morgan fingerprint density at radius 1 is 1.30 bits per heavy atom. The van der Waals surface area contributed by atoms with Gasteiger partial charge < -0.3 is 14.8 Å². The number of hydrogen-bond acceptors (Lipinski definition) is 3. The minimum Gasteiger partial charge on any atom is -0.478 e. The number of carbonyl (C=O) groups is 1. The molecule has 1 aromatic carbocycles. The molecule has 0 radical (unpaired) electrons. The van der Waals surface area contributed by atoms with Gasteiger partial charge in [-0.3, -0.25) is 0 Å². The van der Waals surface area contributed by atoms with Crippen LogP contribution in [0.25, 0.3) is 11.0 Å². The Morgan fingerprint density at radius 2 is 2.00 bits per heavy atom. The van der Waals surface area contributed by atoms with Crippen molar-refractivity contribution < 1.29 is 27.5 Å². The summed E-state index contributed by atoms with van der Waals surface area (Å²) in [6.45, 7) is -0.355. The zero-order valence-electron chi connectivity index (χ0n) is 10.3. The molecule has 2 rings (SSSR count). The van der Waals surface area contributed by atoms with Crippen molar-refractivity contribution in [3.63, 3.8) is 0 Å². The zero-order valence-corrected chi connectivity index (χ0v) is 10.3. The van der Waals surface area contributed by atoms with E-state index in [4.69, 9.17) is 4.42 Å². The maximum atomic E-state index is 12.0. The molecule has 20 heavy (non-hydrogen) atoms. The van der Waals surface area contributed by atoms with E-state index in [9.17, 15) is 23.1 Å². The fourth-order valence-corrected chi connectivity index (χ4v) is 1.89. The molecule has 4 nitrogen and oxygen atoms in total. The van der Waals surface area contributed by atoms with Gasteiger partial charge in [-0.15, -0.1) is 0 Å². The van der Waals surface area contributed by atoms with Crippen molar-refractivity contribution >= 4 is 16.9 Å². The van der Waals surface area contributed by atoms with Crippen LogP contribution in [0.4, 0.5) is 13.2 Å². The summed E-state index contributed by atoms with van der Waals surface area (Å²) < 4.78 is 41.4. The van der Waals surface area contributed by atoms with Crippen LogP contribution in [0.3, 0.4) is 0 Å². The lowest BCUT2D eigenvalue weighted by atomic mass is 10.1. The van der Waals surface area contributed by atoms with Crippen LogP contribution in [0.15, 0.2) is 28.7 Å². The number of aromatic carboxylic acids is 1. The molecule has 0 atom stereocenters. The van der Waals surface area contributed by atoms with Gasteiger partial charge in [-0.05, 0) is 6.07 Å². The highest BCUT2D eigenvalue weighted by Gasteiger charge is 2.26. The van der Waals surface area contributed by atoms with Crippen molar-refractivity contribution in [2.45, 2.75) is 19.1 Å². The fraction of sp³-hybridized carbons (Fsp3) is 0.308. The van der Waals surface area contributed by atoms with E-state index in [1.165, 1.54) is 0 Å². The van der Waals surface area contributed by atoms with E-state index in [1.54, 1.807) is 24.3 Å².